The van der Waals surface area contributed by atoms with Crippen LogP contribution in [0, 0.1) is 18.3 Å². The van der Waals surface area contributed by atoms with Crippen molar-refractivity contribution in [2.45, 2.75) is 13.8 Å². The first-order chi connectivity index (χ1) is 6.06. The van der Waals surface area contributed by atoms with Gasteiger partial charge in [-0.2, -0.15) is 5.26 Å². The van der Waals surface area contributed by atoms with Gasteiger partial charge in [0.15, 0.2) is 5.78 Å². The molecule has 0 amide bonds. The van der Waals surface area contributed by atoms with Gasteiger partial charge < -0.3 is 0 Å². The summed E-state index contributed by atoms with van der Waals surface area (Å²) < 4.78 is 0. The molecule has 0 bridgehead atoms. The van der Waals surface area contributed by atoms with E-state index in [-0.39, 0.29) is 5.78 Å². The predicted octanol–water partition coefficient (Wildman–Crippen LogP) is 2.72. The van der Waals surface area contributed by atoms with Gasteiger partial charge in [0.1, 0.15) is 0 Å². The standard InChI is InChI=1S/C10H8ClNO/c1-6-3-10(11)9(7(2)13)4-8(6)5-12/h3-4H,1-2H3. The highest BCUT2D eigenvalue weighted by molar-refractivity contribution is 6.34. The Bertz CT molecular complexity index is 404. The molecule has 0 heterocycles. The Kier molecular flexibility index (Phi) is 2.69. The zero-order valence-corrected chi connectivity index (χ0v) is 8.14. The molecule has 0 aliphatic heterocycles. The van der Waals surface area contributed by atoms with E-state index in [0.29, 0.717) is 16.1 Å². The van der Waals surface area contributed by atoms with Crippen LogP contribution in [0.4, 0.5) is 0 Å². The van der Waals surface area contributed by atoms with Crippen LogP contribution in [0.1, 0.15) is 28.4 Å². The minimum absolute atomic E-state index is 0.124. The molecule has 1 aromatic rings. The van der Waals surface area contributed by atoms with E-state index >= 15 is 0 Å². The molecule has 0 unspecified atom stereocenters. The first-order valence-electron chi connectivity index (χ1n) is 3.77. The van der Waals surface area contributed by atoms with E-state index in [1.165, 1.54) is 13.0 Å². The van der Waals surface area contributed by atoms with Crippen molar-refractivity contribution in [3.63, 3.8) is 0 Å². The highest BCUT2D eigenvalue weighted by Crippen LogP contribution is 2.21. The van der Waals surface area contributed by atoms with Crippen molar-refractivity contribution in [3.8, 4) is 6.07 Å². The van der Waals surface area contributed by atoms with Crippen molar-refractivity contribution in [2.24, 2.45) is 0 Å². The zero-order chi connectivity index (χ0) is 10.0. The van der Waals surface area contributed by atoms with Gasteiger partial charge in [-0.3, -0.25) is 4.79 Å². The average molecular weight is 194 g/mol. The highest BCUT2D eigenvalue weighted by Gasteiger charge is 2.08. The zero-order valence-electron chi connectivity index (χ0n) is 7.39. The van der Waals surface area contributed by atoms with Crippen LogP contribution >= 0.6 is 11.6 Å². The first kappa shape index (κ1) is 9.76. The summed E-state index contributed by atoms with van der Waals surface area (Å²) in [4.78, 5) is 11.1. The summed E-state index contributed by atoms with van der Waals surface area (Å²) >= 11 is 5.82. The highest BCUT2D eigenvalue weighted by atomic mass is 35.5. The second kappa shape index (κ2) is 3.59. The van der Waals surface area contributed by atoms with E-state index in [9.17, 15) is 4.79 Å². The Morgan fingerprint density at radius 3 is 2.62 bits per heavy atom. The summed E-state index contributed by atoms with van der Waals surface area (Å²) in [6, 6.07) is 5.17. The summed E-state index contributed by atoms with van der Waals surface area (Å²) in [5.74, 6) is -0.124. The average Bonchev–Trinajstić information content (AvgIpc) is 2.03. The molecule has 1 rings (SSSR count). The fraction of sp³-hybridized carbons (Fsp3) is 0.200. The van der Waals surface area contributed by atoms with Gasteiger partial charge >= 0.3 is 0 Å². The van der Waals surface area contributed by atoms with Gasteiger partial charge in [0.25, 0.3) is 0 Å². The van der Waals surface area contributed by atoms with Crippen molar-refractivity contribution in [1.82, 2.24) is 0 Å². The molecule has 0 radical (unpaired) electrons. The molecule has 13 heavy (non-hydrogen) atoms. The molecule has 0 fully saturated rings. The van der Waals surface area contributed by atoms with Crippen molar-refractivity contribution >= 4 is 17.4 Å². The molecular formula is C10H8ClNO. The van der Waals surface area contributed by atoms with E-state index in [1.807, 2.05) is 6.07 Å². The third-order valence-corrected chi connectivity index (χ3v) is 2.13. The van der Waals surface area contributed by atoms with Gasteiger partial charge in [-0.05, 0) is 31.5 Å². The molecule has 0 saturated heterocycles. The Labute approximate surface area is 81.7 Å². The number of hydrogen-bond acceptors (Lipinski definition) is 2. The fourth-order valence-corrected chi connectivity index (χ4v) is 1.41. The number of carbonyl (C=O) groups excluding carboxylic acids is 1. The number of ketones is 1. The van der Waals surface area contributed by atoms with E-state index < -0.39 is 0 Å². The summed E-state index contributed by atoms with van der Waals surface area (Å²) in [6.07, 6.45) is 0. The number of nitriles is 1. The van der Waals surface area contributed by atoms with Crippen LogP contribution < -0.4 is 0 Å². The number of nitrogens with zero attached hydrogens (tertiary/aromatic N) is 1. The largest absolute Gasteiger partial charge is 0.294 e. The fourth-order valence-electron chi connectivity index (χ4n) is 1.06. The minimum atomic E-state index is -0.124. The molecular weight excluding hydrogens is 186 g/mol. The number of halogens is 1. The van der Waals surface area contributed by atoms with Crippen LogP contribution in [-0.2, 0) is 0 Å². The van der Waals surface area contributed by atoms with E-state index in [4.69, 9.17) is 16.9 Å². The van der Waals surface area contributed by atoms with Crippen LogP contribution in [0.3, 0.4) is 0 Å². The molecule has 0 N–H and O–H groups in total. The molecule has 0 aliphatic carbocycles. The molecule has 66 valence electrons. The van der Waals surface area contributed by atoms with Gasteiger partial charge in [0.2, 0.25) is 0 Å². The third-order valence-electron chi connectivity index (χ3n) is 1.81. The van der Waals surface area contributed by atoms with Gasteiger partial charge in [-0.25, -0.2) is 0 Å². The SMILES string of the molecule is CC(=O)c1cc(C#N)c(C)cc1Cl. The molecule has 3 heteroatoms. The predicted molar refractivity (Wildman–Crippen MR) is 50.9 cm³/mol. The van der Waals surface area contributed by atoms with Gasteiger partial charge in [0.05, 0.1) is 16.7 Å². The maximum absolute atomic E-state index is 11.1. The van der Waals surface area contributed by atoms with Crippen LogP contribution in [0.2, 0.25) is 5.02 Å². The minimum Gasteiger partial charge on any atom is -0.294 e. The van der Waals surface area contributed by atoms with Crippen molar-refractivity contribution in [2.75, 3.05) is 0 Å². The Hall–Kier alpha value is -1.33. The smallest absolute Gasteiger partial charge is 0.161 e. The molecule has 0 aromatic heterocycles. The number of rotatable bonds is 1. The second-order valence-electron chi connectivity index (χ2n) is 2.81. The normalized spacial score (nSPS) is 9.38. The maximum Gasteiger partial charge on any atom is 0.161 e. The van der Waals surface area contributed by atoms with Crippen LogP contribution in [0.5, 0.6) is 0 Å². The Morgan fingerprint density at radius 1 is 1.54 bits per heavy atom. The Morgan fingerprint density at radius 2 is 2.15 bits per heavy atom. The van der Waals surface area contributed by atoms with E-state index in [2.05, 4.69) is 0 Å². The number of carbonyl (C=O) groups is 1. The topological polar surface area (TPSA) is 40.9 Å². The van der Waals surface area contributed by atoms with Crippen LogP contribution in [-0.4, -0.2) is 5.78 Å². The van der Waals surface area contributed by atoms with Crippen molar-refractivity contribution in [1.29, 1.82) is 5.26 Å². The second-order valence-corrected chi connectivity index (χ2v) is 3.22. The summed E-state index contributed by atoms with van der Waals surface area (Å²) in [5, 5.41) is 9.12. The third kappa shape index (κ3) is 1.88. The summed E-state index contributed by atoms with van der Waals surface area (Å²) in [6.45, 7) is 3.21. The van der Waals surface area contributed by atoms with Crippen LogP contribution in [0.15, 0.2) is 12.1 Å². The summed E-state index contributed by atoms with van der Waals surface area (Å²) in [7, 11) is 0. The van der Waals surface area contributed by atoms with E-state index in [1.54, 1.807) is 13.0 Å². The Balaban J connectivity index is 3.41. The number of benzene rings is 1. The monoisotopic (exact) mass is 193 g/mol. The molecule has 2 nitrogen and oxygen atoms in total. The molecule has 0 atom stereocenters. The molecule has 0 spiro atoms. The lowest BCUT2D eigenvalue weighted by atomic mass is 10.0. The van der Waals surface area contributed by atoms with Crippen molar-refractivity contribution < 1.29 is 4.79 Å². The van der Waals surface area contributed by atoms with Crippen LogP contribution in [0.25, 0.3) is 0 Å². The molecule has 0 saturated carbocycles. The van der Waals surface area contributed by atoms with E-state index in [0.717, 1.165) is 5.56 Å². The summed E-state index contributed by atoms with van der Waals surface area (Å²) in [5.41, 5.74) is 1.69. The van der Waals surface area contributed by atoms with Crippen molar-refractivity contribution in [3.05, 3.63) is 33.8 Å². The van der Waals surface area contributed by atoms with Gasteiger partial charge in [0, 0.05) is 5.56 Å². The number of aryl methyl sites for hydroxylation is 1. The number of Topliss-reactive ketones (excluding diaryl/α,β-unsaturated/α-hetero) is 1. The molecule has 1 aromatic carbocycles. The van der Waals surface area contributed by atoms with Gasteiger partial charge in [-0.1, -0.05) is 11.6 Å². The lowest BCUT2D eigenvalue weighted by Crippen LogP contribution is -1.96. The lowest BCUT2D eigenvalue weighted by Gasteiger charge is -2.02. The molecule has 0 aliphatic rings. The lowest BCUT2D eigenvalue weighted by molar-refractivity contribution is 0.101. The first-order valence-corrected chi connectivity index (χ1v) is 4.15. The quantitative estimate of drug-likeness (QED) is 0.644. The van der Waals surface area contributed by atoms with Gasteiger partial charge in [-0.15, -0.1) is 0 Å². The number of hydrogen-bond donors (Lipinski definition) is 0. The maximum atomic E-state index is 11.1.